The molecule has 1 N–H and O–H groups in total. The molecule has 0 amide bonds. The molecule has 4 aliphatic rings. The van der Waals surface area contributed by atoms with Crippen LogP contribution in [0, 0.1) is 0 Å². The molecule has 0 saturated carbocycles. The summed E-state index contributed by atoms with van der Waals surface area (Å²) in [4.78, 5) is 102. The number of hydrogen-bond acceptors (Lipinski definition) is 27. The maximum absolute atomic E-state index is 13.7. The van der Waals surface area contributed by atoms with Crippen LogP contribution in [0.5, 0.6) is 0 Å². The Labute approximate surface area is 409 Å². The lowest BCUT2D eigenvalue weighted by Crippen LogP contribution is -2.71. The average Bonchev–Trinajstić information content (AvgIpc) is 3.30. The largest absolute Gasteiger partial charge is 0.467 e. The molecule has 4 heterocycles. The summed E-state index contributed by atoms with van der Waals surface area (Å²) in [6.07, 6.45) is -27.4. The minimum atomic E-state index is -2.12. The van der Waals surface area contributed by atoms with Gasteiger partial charge in [0.05, 0.1) is 26.4 Å². The van der Waals surface area contributed by atoms with Gasteiger partial charge in [0.2, 0.25) is 0 Å². The van der Waals surface area contributed by atoms with Gasteiger partial charge < -0.3 is 90.4 Å². The third-order valence-electron chi connectivity index (χ3n) is 11.9. The average molecular weight is 1030 g/mol. The lowest BCUT2D eigenvalue weighted by molar-refractivity contribution is -0.384. The van der Waals surface area contributed by atoms with Crippen molar-refractivity contribution < 1.29 is 129 Å². The number of aliphatic hydroxyl groups excluding tert-OH is 1. The van der Waals surface area contributed by atoms with E-state index >= 15 is 0 Å². The number of aliphatic hydroxyl groups is 1. The van der Waals surface area contributed by atoms with E-state index in [4.69, 9.17) is 85.3 Å². The Morgan fingerprint density at radius 3 is 1.51 bits per heavy atom. The second kappa shape index (κ2) is 26.3. The molecule has 0 aliphatic carbocycles. The Morgan fingerprint density at radius 1 is 0.535 bits per heavy atom. The highest BCUT2D eigenvalue weighted by molar-refractivity contribution is 5.81. The Hall–Kier alpha value is -4.68. The van der Waals surface area contributed by atoms with Crippen LogP contribution in [0.2, 0.25) is 0 Å². The minimum Gasteiger partial charge on any atom is -0.467 e. The van der Waals surface area contributed by atoms with E-state index in [0.29, 0.717) is 0 Å². The van der Waals surface area contributed by atoms with Crippen LogP contribution in [-0.4, -0.2) is 218 Å². The van der Waals surface area contributed by atoms with E-state index in [0.717, 1.165) is 55.8 Å². The predicted octanol–water partition coefficient (Wildman–Crippen LogP) is -1.12. The highest BCUT2D eigenvalue weighted by atomic mass is 16.8. The first kappa shape index (κ1) is 58.9. The van der Waals surface area contributed by atoms with Crippen molar-refractivity contribution in [3.8, 4) is 0 Å². The Morgan fingerprint density at radius 2 is 1.03 bits per heavy atom. The van der Waals surface area contributed by atoms with Crippen LogP contribution in [0.4, 0.5) is 0 Å². The van der Waals surface area contributed by atoms with Gasteiger partial charge in [-0.15, -0.1) is 0 Å². The summed E-state index contributed by atoms with van der Waals surface area (Å²) in [5, 5.41) is 11.4. The van der Waals surface area contributed by atoms with E-state index in [2.05, 4.69) is 0 Å². The number of carbonyl (C=O) groups excluding carboxylic acids is 8. The Balaban J connectivity index is 1.79. The number of carbonyl (C=O) groups is 8. The van der Waals surface area contributed by atoms with Gasteiger partial charge in [-0.25, -0.2) is 9.59 Å². The van der Waals surface area contributed by atoms with Gasteiger partial charge in [-0.1, -0.05) is 6.92 Å². The van der Waals surface area contributed by atoms with Crippen LogP contribution >= 0.6 is 0 Å². The second-order valence-electron chi connectivity index (χ2n) is 16.7. The summed E-state index contributed by atoms with van der Waals surface area (Å²) in [7, 11) is 5.82. The molecule has 27 heteroatoms. The standard InChI is InChI=1S/C44H66O27/c1-14-44(43(53)58-13)39(51)35(55-10)37(56-11)42(71-44)70-32-27(17-60-20(4)46)66-41(38(65-24(8)50)34(32)64-23(7)49)69-30-25(54-9)15-28(68-36(30)40(52)57-12)67-31-26(16-59-19(3)45)61-18(2)29(62-21(5)47)33(31)63-22(6)48/h18,25-39,41-42,51H,14-17H2,1-13H3/t18-,25?,26?,27?,28-,29?,30-,31-,32-,33?,34?,35?,36?,37?,38?,39+,41+,42-,44?/m1/s1. The summed E-state index contributed by atoms with van der Waals surface area (Å²) in [6.45, 7) is 8.48. The SMILES string of the molecule is CCC1(C(=O)OC)O[C@@H](O[C@@H]2C(COC(C)=O)O[C@@H](O[C@@H]3C(OC)C[C@H](O[C@@H]4C(COC(C)=O)O[C@H](C)C(OC(C)=O)C4OC(C)=O)OC3C(=O)OC)C(OC(C)=O)C2OC(C)=O)C(OC)C(OC)[C@@H]1O. The highest BCUT2D eigenvalue weighted by Gasteiger charge is 2.62. The molecule has 4 rings (SSSR count). The molecule has 0 aromatic rings. The van der Waals surface area contributed by atoms with E-state index in [1.54, 1.807) is 0 Å². The quantitative estimate of drug-likeness (QED) is 0.111. The fraction of sp³-hybridized carbons (Fsp3) is 0.818. The highest BCUT2D eigenvalue weighted by Crippen LogP contribution is 2.41. The monoisotopic (exact) mass is 1030 g/mol. The number of esters is 8. The lowest BCUT2D eigenvalue weighted by Gasteiger charge is -2.51. The third-order valence-corrected chi connectivity index (χ3v) is 11.9. The molecular formula is C44H66O27. The fourth-order valence-electron chi connectivity index (χ4n) is 8.82. The molecule has 0 aromatic heterocycles. The number of hydrogen-bond donors (Lipinski definition) is 1. The van der Waals surface area contributed by atoms with Crippen molar-refractivity contribution in [2.24, 2.45) is 0 Å². The first-order valence-corrected chi connectivity index (χ1v) is 22.5. The second-order valence-corrected chi connectivity index (χ2v) is 16.7. The molecule has 404 valence electrons. The van der Waals surface area contributed by atoms with Gasteiger partial charge in [0.15, 0.2) is 55.0 Å². The summed E-state index contributed by atoms with van der Waals surface area (Å²) in [6, 6.07) is 0. The zero-order valence-corrected chi connectivity index (χ0v) is 41.8. The molecule has 19 atom stereocenters. The van der Waals surface area contributed by atoms with Crippen molar-refractivity contribution in [1.82, 2.24) is 0 Å². The summed E-state index contributed by atoms with van der Waals surface area (Å²) in [5.74, 6) is -7.06. The van der Waals surface area contributed by atoms with Crippen LogP contribution in [0.1, 0.15) is 68.2 Å². The van der Waals surface area contributed by atoms with Gasteiger partial charge in [-0.2, -0.15) is 0 Å². The van der Waals surface area contributed by atoms with Gasteiger partial charge in [-0.05, 0) is 13.3 Å². The van der Waals surface area contributed by atoms with Gasteiger partial charge in [-0.3, -0.25) is 28.8 Å². The third kappa shape index (κ3) is 14.3. The van der Waals surface area contributed by atoms with Gasteiger partial charge in [0.25, 0.3) is 0 Å². The van der Waals surface area contributed by atoms with E-state index in [1.807, 2.05) is 0 Å². The van der Waals surface area contributed by atoms with Crippen molar-refractivity contribution in [1.29, 1.82) is 0 Å². The normalized spacial score (nSPS) is 37.0. The molecular weight excluding hydrogens is 960 g/mol. The maximum atomic E-state index is 13.7. The molecule has 27 nitrogen and oxygen atoms in total. The number of rotatable bonds is 20. The lowest BCUT2D eigenvalue weighted by atomic mass is 9.84. The smallest absolute Gasteiger partial charge is 0.341 e. The summed E-state index contributed by atoms with van der Waals surface area (Å²) in [5.41, 5.74) is -2.12. The Kier molecular flexibility index (Phi) is 21.8. The summed E-state index contributed by atoms with van der Waals surface area (Å²) >= 11 is 0. The van der Waals surface area contributed by atoms with Crippen molar-refractivity contribution in [3.63, 3.8) is 0 Å². The van der Waals surface area contributed by atoms with E-state index < -0.39 is 177 Å². The maximum Gasteiger partial charge on any atom is 0.341 e. The zero-order chi connectivity index (χ0) is 53.1. The van der Waals surface area contributed by atoms with Crippen LogP contribution < -0.4 is 0 Å². The molecule has 0 aromatic carbocycles. The summed E-state index contributed by atoms with van der Waals surface area (Å²) < 4.78 is 104. The molecule has 11 unspecified atom stereocenters. The minimum absolute atomic E-state index is 0.185. The van der Waals surface area contributed by atoms with Gasteiger partial charge in [0.1, 0.15) is 62.0 Å². The molecule has 4 saturated heterocycles. The molecule has 4 aliphatic heterocycles. The Bertz CT molecular complexity index is 1860. The molecule has 0 spiro atoms. The van der Waals surface area contributed by atoms with Crippen molar-refractivity contribution in [3.05, 3.63) is 0 Å². The van der Waals surface area contributed by atoms with E-state index in [-0.39, 0.29) is 12.8 Å². The van der Waals surface area contributed by atoms with Crippen LogP contribution in [0.25, 0.3) is 0 Å². The first-order chi connectivity index (χ1) is 33.5. The number of methoxy groups -OCH3 is 5. The molecule has 0 radical (unpaired) electrons. The van der Waals surface area contributed by atoms with Crippen LogP contribution in [0.3, 0.4) is 0 Å². The molecule has 4 fully saturated rings. The zero-order valence-electron chi connectivity index (χ0n) is 41.8. The van der Waals surface area contributed by atoms with E-state index in [9.17, 15) is 43.5 Å². The van der Waals surface area contributed by atoms with Gasteiger partial charge in [0, 0.05) is 69.3 Å². The molecule has 0 bridgehead atoms. The van der Waals surface area contributed by atoms with Crippen molar-refractivity contribution >= 4 is 47.8 Å². The van der Waals surface area contributed by atoms with E-state index in [1.165, 1.54) is 35.2 Å². The fourth-order valence-corrected chi connectivity index (χ4v) is 8.82. The van der Waals surface area contributed by atoms with Crippen molar-refractivity contribution in [2.45, 2.75) is 184 Å². The van der Waals surface area contributed by atoms with Crippen molar-refractivity contribution in [2.75, 3.05) is 48.8 Å². The first-order valence-electron chi connectivity index (χ1n) is 22.5. The predicted molar refractivity (Wildman–Crippen MR) is 227 cm³/mol. The number of ether oxygens (including phenoxy) is 18. The molecule has 71 heavy (non-hydrogen) atoms. The van der Waals surface area contributed by atoms with Crippen LogP contribution in [-0.2, 0) is 124 Å². The van der Waals surface area contributed by atoms with Gasteiger partial charge >= 0.3 is 47.8 Å². The topological polar surface area (TPSA) is 323 Å². The van der Waals surface area contributed by atoms with Crippen LogP contribution in [0.15, 0.2) is 0 Å².